The molecular formula is C28H51NO2. The first-order valence-electron chi connectivity index (χ1n) is 13.4. The van der Waals surface area contributed by atoms with Crippen LogP contribution in [0.5, 0.6) is 0 Å². The number of aliphatic hydroxyl groups is 2. The molecule has 3 heteroatoms. The van der Waals surface area contributed by atoms with Crippen LogP contribution in [0, 0.1) is 51.8 Å². The van der Waals surface area contributed by atoms with Crippen LogP contribution in [0.4, 0.5) is 0 Å². The summed E-state index contributed by atoms with van der Waals surface area (Å²) in [5.41, 5.74) is 7.04. The largest absolute Gasteiger partial charge is 0.393 e. The van der Waals surface area contributed by atoms with E-state index in [1.54, 1.807) is 0 Å². The molecule has 0 aromatic carbocycles. The summed E-state index contributed by atoms with van der Waals surface area (Å²) in [7, 11) is 0. The standard InChI is InChI=1S/C28H51NO2/c1-17(2)10-15-28(7,31)19-9-8-18-24(19)20(29)16-22-26(18,5)13-11-21-25(3,4)23(30)12-14-27(21,22)6/h17-24,30-31H,8-16,29H2,1-7H3/t18?,19?,20?,21?,22?,23?,24?,26?,27?,28-/m0/s1. The quantitative estimate of drug-likeness (QED) is 0.527. The second-order valence-corrected chi connectivity index (χ2v) is 14.1. The van der Waals surface area contributed by atoms with Crippen LogP contribution in [0.25, 0.3) is 0 Å². The van der Waals surface area contributed by atoms with Crippen LogP contribution in [0.3, 0.4) is 0 Å². The van der Waals surface area contributed by atoms with E-state index in [0.717, 1.165) is 38.5 Å². The lowest BCUT2D eigenvalue weighted by molar-refractivity contribution is -0.204. The minimum atomic E-state index is -0.595. The minimum absolute atomic E-state index is 0.00595. The highest BCUT2D eigenvalue weighted by Crippen LogP contribution is 2.71. The first kappa shape index (κ1) is 24.0. The van der Waals surface area contributed by atoms with Gasteiger partial charge >= 0.3 is 0 Å². The Hall–Kier alpha value is -0.120. The second kappa shape index (κ2) is 7.70. The molecule has 10 atom stereocenters. The van der Waals surface area contributed by atoms with Crippen molar-refractivity contribution in [1.29, 1.82) is 0 Å². The molecule has 4 N–H and O–H groups in total. The van der Waals surface area contributed by atoms with Crippen LogP contribution in [-0.2, 0) is 0 Å². The monoisotopic (exact) mass is 433 g/mol. The van der Waals surface area contributed by atoms with Gasteiger partial charge in [0.15, 0.2) is 0 Å². The topological polar surface area (TPSA) is 66.5 Å². The lowest BCUT2D eigenvalue weighted by Crippen LogP contribution is -2.64. The van der Waals surface area contributed by atoms with E-state index < -0.39 is 5.60 Å². The van der Waals surface area contributed by atoms with Crippen molar-refractivity contribution >= 4 is 0 Å². The lowest BCUT2D eigenvalue weighted by Gasteiger charge is -2.68. The van der Waals surface area contributed by atoms with E-state index in [2.05, 4.69) is 48.5 Å². The smallest absolute Gasteiger partial charge is 0.0651 e. The molecule has 0 aromatic heterocycles. The Morgan fingerprint density at radius 3 is 2.26 bits per heavy atom. The maximum atomic E-state index is 11.6. The summed E-state index contributed by atoms with van der Waals surface area (Å²) in [5, 5.41) is 22.4. The molecule has 4 saturated carbocycles. The van der Waals surface area contributed by atoms with Gasteiger partial charge in [-0.1, -0.05) is 41.5 Å². The molecular weight excluding hydrogens is 382 g/mol. The van der Waals surface area contributed by atoms with Crippen molar-refractivity contribution in [2.24, 2.45) is 57.5 Å². The molecule has 0 aliphatic heterocycles. The molecule has 4 aliphatic rings. The number of hydrogen-bond acceptors (Lipinski definition) is 3. The maximum absolute atomic E-state index is 11.6. The van der Waals surface area contributed by atoms with Crippen LogP contribution < -0.4 is 5.73 Å². The van der Waals surface area contributed by atoms with E-state index >= 15 is 0 Å². The molecule has 0 spiro atoms. The van der Waals surface area contributed by atoms with Gasteiger partial charge < -0.3 is 15.9 Å². The van der Waals surface area contributed by atoms with Gasteiger partial charge in [-0.25, -0.2) is 0 Å². The van der Waals surface area contributed by atoms with Crippen molar-refractivity contribution in [2.45, 2.75) is 124 Å². The minimum Gasteiger partial charge on any atom is -0.393 e. The van der Waals surface area contributed by atoms with E-state index in [1.807, 2.05) is 0 Å². The van der Waals surface area contributed by atoms with Crippen molar-refractivity contribution in [3.05, 3.63) is 0 Å². The number of rotatable bonds is 4. The predicted molar refractivity (Wildman–Crippen MR) is 128 cm³/mol. The van der Waals surface area contributed by atoms with Gasteiger partial charge in [0.05, 0.1) is 11.7 Å². The van der Waals surface area contributed by atoms with E-state index in [4.69, 9.17) is 5.73 Å². The van der Waals surface area contributed by atoms with Gasteiger partial charge in [0.2, 0.25) is 0 Å². The van der Waals surface area contributed by atoms with Crippen LogP contribution in [-0.4, -0.2) is 28.0 Å². The Labute approximate surface area is 191 Å². The van der Waals surface area contributed by atoms with Crippen molar-refractivity contribution in [2.75, 3.05) is 0 Å². The third kappa shape index (κ3) is 3.55. The average Bonchev–Trinajstić information content (AvgIpc) is 3.14. The summed E-state index contributed by atoms with van der Waals surface area (Å²) in [4.78, 5) is 0. The number of aliphatic hydroxyl groups excluding tert-OH is 1. The van der Waals surface area contributed by atoms with E-state index in [0.29, 0.717) is 40.9 Å². The molecule has 31 heavy (non-hydrogen) atoms. The van der Waals surface area contributed by atoms with Crippen LogP contribution in [0.2, 0.25) is 0 Å². The predicted octanol–water partition coefficient (Wildman–Crippen LogP) is 5.77. The zero-order chi connectivity index (χ0) is 23.0. The van der Waals surface area contributed by atoms with Gasteiger partial charge in [-0.2, -0.15) is 0 Å². The molecule has 0 radical (unpaired) electrons. The van der Waals surface area contributed by atoms with E-state index in [9.17, 15) is 10.2 Å². The number of nitrogens with two attached hydrogens (primary N) is 1. The van der Waals surface area contributed by atoms with E-state index in [1.165, 1.54) is 19.3 Å². The molecule has 0 bridgehead atoms. The van der Waals surface area contributed by atoms with Gasteiger partial charge in [-0.05, 0) is 116 Å². The summed E-state index contributed by atoms with van der Waals surface area (Å²) in [6.45, 7) is 16.4. The molecule has 0 amide bonds. The molecule has 4 rings (SSSR count). The van der Waals surface area contributed by atoms with Crippen LogP contribution >= 0.6 is 0 Å². The zero-order valence-corrected chi connectivity index (χ0v) is 21.5. The number of hydrogen-bond donors (Lipinski definition) is 3. The molecule has 0 aromatic rings. The molecule has 4 aliphatic carbocycles. The SMILES string of the molecule is CC(C)CC[C@](C)(O)C1CCC2C1C(N)CC1C2(C)CCC2C(C)(C)C(O)CCC21C. The lowest BCUT2D eigenvalue weighted by atomic mass is 9.38. The van der Waals surface area contributed by atoms with Crippen LogP contribution in [0.1, 0.15) is 106 Å². The summed E-state index contributed by atoms with van der Waals surface area (Å²) in [5.74, 6) is 3.30. The maximum Gasteiger partial charge on any atom is 0.0651 e. The van der Waals surface area contributed by atoms with Crippen molar-refractivity contribution in [1.82, 2.24) is 0 Å². The summed E-state index contributed by atoms with van der Waals surface area (Å²) in [6.07, 6.45) is 9.87. The number of fused-ring (bicyclic) bond motifs is 5. The van der Waals surface area contributed by atoms with Gasteiger partial charge in [0.25, 0.3) is 0 Å². The van der Waals surface area contributed by atoms with Gasteiger partial charge in [0, 0.05) is 6.04 Å². The average molecular weight is 434 g/mol. The van der Waals surface area contributed by atoms with Gasteiger partial charge in [0.1, 0.15) is 0 Å². The van der Waals surface area contributed by atoms with Crippen LogP contribution in [0.15, 0.2) is 0 Å². The molecule has 4 fully saturated rings. The Kier molecular flexibility index (Phi) is 5.97. The first-order chi connectivity index (χ1) is 14.2. The Morgan fingerprint density at radius 2 is 1.61 bits per heavy atom. The normalized spacial score (nSPS) is 51.0. The Balaban J connectivity index is 1.62. The van der Waals surface area contributed by atoms with Crippen molar-refractivity contribution in [3.8, 4) is 0 Å². The van der Waals surface area contributed by atoms with Crippen molar-refractivity contribution in [3.63, 3.8) is 0 Å². The Morgan fingerprint density at radius 1 is 0.968 bits per heavy atom. The first-order valence-corrected chi connectivity index (χ1v) is 13.4. The fourth-order valence-electron chi connectivity index (χ4n) is 9.87. The fraction of sp³-hybridized carbons (Fsp3) is 1.00. The fourth-order valence-corrected chi connectivity index (χ4v) is 9.87. The highest BCUT2D eigenvalue weighted by atomic mass is 16.3. The third-order valence-electron chi connectivity index (χ3n) is 11.7. The molecule has 0 saturated heterocycles. The zero-order valence-electron chi connectivity index (χ0n) is 21.5. The van der Waals surface area contributed by atoms with Gasteiger partial charge in [-0.15, -0.1) is 0 Å². The summed E-state index contributed by atoms with van der Waals surface area (Å²) in [6, 6.07) is 0.201. The molecule has 180 valence electrons. The van der Waals surface area contributed by atoms with E-state index in [-0.39, 0.29) is 23.0 Å². The highest BCUT2D eigenvalue weighted by molar-refractivity contribution is 5.16. The second-order valence-electron chi connectivity index (χ2n) is 14.1. The highest BCUT2D eigenvalue weighted by Gasteiger charge is 2.66. The molecule has 9 unspecified atom stereocenters. The molecule has 0 heterocycles. The third-order valence-corrected chi connectivity index (χ3v) is 11.7. The van der Waals surface area contributed by atoms with Crippen molar-refractivity contribution < 1.29 is 10.2 Å². The molecule has 3 nitrogen and oxygen atoms in total. The summed E-state index contributed by atoms with van der Waals surface area (Å²) >= 11 is 0. The van der Waals surface area contributed by atoms with Gasteiger partial charge in [-0.3, -0.25) is 0 Å². The summed E-state index contributed by atoms with van der Waals surface area (Å²) < 4.78 is 0. The Bertz CT molecular complexity index is 672.